The Morgan fingerprint density at radius 2 is 2.14 bits per heavy atom. The molecular formula is C11H15FOS. The molecule has 0 aliphatic rings. The quantitative estimate of drug-likeness (QED) is 0.757. The van der Waals surface area contributed by atoms with Gasteiger partial charge < -0.3 is 4.74 Å². The van der Waals surface area contributed by atoms with Crippen molar-refractivity contribution >= 4 is 12.6 Å². The molecule has 0 bridgehead atoms. The molecule has 0 unspecified atom stereocenters. The highest BCUT2D eigenvalue weighted by Gasteiger charge is 2.07. The van der Waals surface area contributed by atoms with Crippen molar-refractivity contribution in [2.24, 2.45) is 0 Å². The van der Waals surface area contributed by atoms with E-state index in [9.17, 15) is 4.39 Å². The molecule has 78 valence electrons. The zero-order valence-corrected chi connectivity index (χ0v) is 9.35. The second-order valence-electron chi connectivity index (χ2n) is 3.41. The molecule has 0 N–H and O–H groups in total. The van der Waals surface area contributed by atoms with Crippen molar-refractivity contribution < 1.29 is 9.13 Å². The first kappa shape index (κ1) is 11.4. The van der Waals surface area contributed by atoms with Crippen LogP contribution in [0.25, 0.3) is 0 Å². The molecule has 0 saturated carbocycles. The standard InChI is InChI=1S/C11H15FOS/c1-8(2)10-4-3-9(7-11(10)12)13-5-6-14/h3-4,7-8,14H,5-6H2,1-2H3. The minimum Gasteiger partial charge on any atom is -0.493 e. The lowest BCUT2D eigenvalue weighted by molar-refractivity contribution is 0.342. The van der Waals surface area contributed by atoms with Gasteiger partial charge in [-0.25, -0.2) is 4.39 Å². The Bertz CT molecular complexity index is 299. The molecule has 0 amide bonds. The molecule has 0 heterocycles. The van der Waals surface area contributed by atoms with Gasteiger partial charge in [-0.05, 0) is 17.5 Å². The van der Waals surface area contributed by atoms with Crippen LogP contribution in [-0.2, 0) is 0 Å². The van der Waals surface area contributed by atoms with Crippen LogP contribution in [0.2, 0.25) is 0 Å². The van der Waals surface area contributed by atoms with E-state index in [4.69, 9.17) is 4.74 Å². The Balaban J connectivity index is 2.78. The minimum absolute atomic E-state index is 0.198. The van der Waals surface area contributed by atoms with Gasteiger partial charge in [-0.3, -0.25) is 0 Å². The summed E-state index contributed by atoms with van der Waals surface area (Å²) in [6.07, 6.45) is 0. The van der Waals surface area contributed by atoms with Crippen molar-refractivity contribution in [1.29, 1.82) is 0 Å². The van der Waals surface area contributed by atoms with Crippen LogP contribution in [0, 0.1) is 5.82 Å². The number of hydrogen-bond acceptors (Lipinski definition) is 2. The fourth-order valence-corrected chi connectivity index (χ4v) is 1.32. The van der Waals surface area contributed by atoms with Crippen LogP contribution < -0.4 is 4.74 Å². The second-order valence-corrected chi connectivity index (χ2v) is 3.86. The molecule has 0 radical (unpaired) electrons. The monoisotopic (exact) mass is 214 g/mol. The predicted octanol–water partition coefficient (Wildman–Crippen LogP) is 3.26. The van der Waals surface area contributed by atoms with E-state index in [1.165, 1.54) is 6.07 Å². The largest absolute Gasteiger partial charge is 0.493 e. The van der Waals surface area contributed by atoms with Crippen molar-refractivity contribution in [3.05, 3.63) is 29.6 Å². The maximum absolute atomic E-state index is 13.4. The van der Waals surface area contributed by atoms with Crippen molar-refractivity contribution in [2.75, 3.05) is 12.4 Å². The van der Waals surface area contributed by atoms with Crippen LogP contribution in [0.4, 0.5) is 4.39 Å². The fraction of sp³-hybridized carbons (Fsp3) is 0.455. The molecular weight excluding hydrogens is 199 g/mol. The Morgan fingerprint density at radius 1 is 1.43 bits per heavy atom. The van der Waals surface area contributed by atoms with Gasteiger partial charge in [-0.1, -0.05) is 19.9 Å². The number of halogens is 1. The summed E-state index contributed by atoms with van der Waals surface area (Å²) in [5, 5.41) is 0. The highest BCUT2D eigenvalue weighted by atomic mass is 32.1. The lowest BCUT2D eigenvalue weighted by Gasteiger charge is -2.09. The second kappa shape index (κ2) is 5.25. The molecule has 3 heteroatoms. The van der Waals surface area contributed by atoms with E-state index in [0.29, 0.717) is 18.1 Å². The van der Waals surface area contributed by atoms with Crippen LogP contribution in [-0.4, -0.2) is 12.4 Å². The summed E-state index contributed by atoms with van der Waals surface area (Å²) in [6.45, 7) is 4.43. The molecule has 1 aromatic rings. The molecule has 0 spiro atoms. The Kier molecular flexibility index (Phi) is 4.26. The van der Waals surface area contributed by atoms with E-state index in [0.717, 1.165) is 5.56 Å². The number of ether oxygens (including phenoxy) is 1. The van der Waals surface area contributed by atoms with E-state index in [1.54, 1.807) is 12.1 Å². The van der Waals surface area contributed by atoms with Gasteiger partial charge in [0.2, 0.25) is 0 Å². The van der Waals surface area contributed by atoms with Crippen molar-refractivity contribution in [1.82, 2.24) is 0 Å². The first-order chi connectivity index (χ1) is 6.65. The third-order valence-corrected chi connectivity index (χ3v) is 2.14. The van der Waals surface area contributed by atoms with Gasteiger partial charge in [0.05, 0.1) is 6.61 Å². The van der Waals surface area contributed by atoms with Crippen LogP contribution >= 0.6 is 12.6 Å². The van der Waals surface area contributed by atoms with Crippen molar-refractivity contribution in [3.63, 3.8) is 0 Å². The first-order valence-electron chi connectivity index (χ1n) is 4.68. The summed E-state index contributed by atoms with van der Waals surface area (Å²) >= 11 is 4.01. The van der Waals surface area contributed by atoms with Crippen LogP contribution in [0.3, 0.4) is 0 Å². The van der Waals surface area contributed by atoms with Gasteiger partial charge in [0.25, 0.3) is 0 Å². The maximum Gasteiger partial charge on any atom is 0.130 e. The third kappa shape index (κ3) is 2.91. The Hall–Kier alpha value is -0.700. The fourth-order valence-electron chi connectivity index (χ4n) is 1.23. The van der Waals surface area contributed by atoms with Gasteiger partial charge in [0.15, 0.2) is 0 Å². The number of thiol groups is 1. The minimum atomic E-state index is -0.198. The van der Waals surface area contributed by atoms with E-state index in [2.05, 4.69) is 12.6 Å². The maximum atomic E-state index is 13.4. The predicted molar refractivity (Wildman–Crippen MR) is 59.8 cm³/mol. The molecule has 0 aromatic heterocycles. The Labute approximate surface area is 89.7 Å². The van der Waals surface area contributed by atoms with Crippen molar-refractivity contribution in [3.8, 4) is 5.75 Å². The highest BCUT2D eigenvalue weighted by molar-refractivity contribution is 7.80. The zero-order chi connectivity index (χ0) is 10.6. The smallest absolute Gasteiger partial charge is 0.130 e. The van der Waals surface area contributed by atoms with E-state index < -0.39 is 0 Å². The summed E-state index contributed by atoms with van der Waals surface area (Å²) in [6, 6.07) is 4.99. The average molecular weight is 214 g/mol. The molecule has 1 rings (SSSR count). The number of benzene rings is 1. The number of rotatable bonds is 4. The molecule has 0 fully saturated rings. The highest BCUT2D eigenvalue weighted by Crippen LogP contribution is 2.22. The Morgan fingerprint density at radius 3 is 2.64 bits per heavy atom. The van der Waals surface area contributed by atoms with Crippen LogP contribution in [0.15, 0.2) is 18.2 Å². The summed E-state index contributed by atoms with van der Waals surface area (Å²) in [5.41, 5.74) is 0.725. The van der Waals surface area contributed by atoms with E-state index in [1.807, 2.05) is 13.8 Å². The normalized spacial score (nSPS) is 10.6. The third-order valence-electron chi connectivity index (χ3n) is 1.95. The summed E-state index contributed by atoms with van der Waals surface area (Å²) in [5.74, 6) is 1.21. The molecule has 14 heavy (non-hydrogen) atoms. The summed E-state index contributed by atoms with van der Waals surface area (Å²) in [7, 11) is 0. The van der Waals surface area contributed by atoms with E-state index >= 15 is 0 Å². The molecule has 1 aromatic carbocycles. The van der Waals surface area contributed by atoms with Gasteiger partial charge >= 0.3 is 0 Å². The molecule has 0 saturated heterocycles. The SMILES string of the molecule is CC(C)c1ccc(OCCS)cc1F. The summed E-state index contributed by atoms with van der Waals surface area (Å²) in [4.78, 5) is 0. The van der Waals surface area contributed by atoms with Gasteiger partial charge in [0, 0.05) is 11.8 Å². The molecule has 0 aliphatic heterocycles. The lowest BCUT2D eigenvalue weighted by Crippen LogP contribution is -2.00. The van der Waals surface area contributed by atoms with Crippen LogP contribution in [0.5, 0.6) is 5.75 Å². The van der Waals surface area contributed by atoms with Crippen molar-refractivity contribution in [2.45, 2.75) is 19.8 Å². The molecule has 0 aliphatic carbocycles. The lowest BCUT2D eigenvalue weighted by atomic mass is 10.0. The summed E-state index contributed by atoms with van der Waals surface area (Å²) < 4.78 is 18.7. The molecule has 1 nitrogen and oxygen atoms in total. The molecule has 0 atom stereocenters. The van der Waals surface area contributed by atoms with Gasteiger partial charge in [0.1, 0.15) is 11.6 Å². The van der Waals surface area contributed by atoms with Crippen LogP contribution in [0.1, 0.15) is 25.3 Å². The topological polar surface area (TPSA) is 9.23 Å². The zero-order valence-electron chi connectivity index (χ0n) is 8.46. The van der Waals surface area contributed by atoms with Gasteiger partial charge in [-0.2, -0.15) is 12.6 Å². The number of hydrogen-bond donors (Lipinski definition) is 1. The first-order valence-corrected chi connectivity index (χ1v) is 5.31. The average Bonchev–Trinajstić information content (AvgIpc) is 2.14. The van der Waals surface area contributed by atoms with Gasteiger partial charge in [-0.15, -0.1) is 0 Å². The van der Waals surface area contributed by atoms with E-state index in [-0.39, 0.29) is 11.7 Å².